The van der Waals surface area contributed by atoms with E-state index in [9.17, 15) is 0 Å². The van der Waals surface area contributed by atoms with Crippen LogP contribution in [0.4, 0.5) is 0 Å². The maximum absolute atomic E-state index is 5.29. The first-order valence-corrected chi connectivity index (χ1v) is 9.04. The van der Waals surface area contributed by atoms with Crippen LogP contribution in [0.5, 0.6) is 5.75 Å². The largest absolute Gasteiger partial charge is 0.497 e. The van der Waals surface area contributed by atoms with Crippen molar-refractivity contribution < 1.29 is 4.74 Å². The molecule has 1 aliphatic rings. The van der Waals surface area contributed by atoms with E-state index in [1.807, 2.05) is 6.07 Å². The Morgan fingerprint density at radius 3 is 2.48 bits per heavy atom. The van der Waals surface area contributed by atoms with E-state index in [0.29, 0.717) is 0 Å². The molecule has 0 unspecified atom stereocenters. The van der Waals surface area contributed by atoms with Gasteiger partial charge in [0.1, 0.15) is 5.75 Å². The molecule has 2 aromatic carbocycles. The fraction of sp³-hybridized carbons (Fsp3) is 0.455. The highest BCUT2D eigenvalue weighted by atomic mass is 16.5. The maximum atomic E-state index is 5.29. The maximum Gasteiger partial charge on any atom is 0.119 e. The molecule has 122 valence electrons. The van der Waals surface area contributed by atoms with Gasteiger partial charge in [0.15, 0.2) is 0 Å². The van der Waals surface area contributed by atoms with Crippen molar-refractivity contribution in [2.75, 3.05) is 7.11 Å². The van der Waals surface area contributed by atoms with Gasteiger partial charge in [-0.1, -0.05) is 50.1 Å². The van der Waals surface area contributed by atoms with Crippen molar-refractivity contribution in [2.45, 2.75) is 45.4 Å². The van der Waals surface area contributed by atoms with Gasteiger partial charge in [-0.15, -0.1) is 0 Å². The minimum atomic E-state index is 0.773. The van der Waals surface area contributed by atoms with Crippen LogP contribution in [-0.4, -0.2) is 7.11 Å². The Balaban J connectivity index is 1.65. The molecule has 0 heterocycles. The third kappa shape index (κ3) is 4.16. The molecule has 0 N–H and O–H groups in total. The Labute approximate surface area is 140 Å². The summed E-state index contributed by atoms with van der Waals surface area (Å²) < 4.78 is 5.29. The molecule has 3 rings (SSSR count). The van der Waals surface area contributed by atoms with E-state index in [1.165, 1.54) is 54.9 Å². The average Bonchev–Trinajstić information content (AvgIpc) is 2.61. The van der Waals surface area contributed by atoms with Gasteiger partial charge < -0.3 is 4.74 Å². The van der Waals surface area contributed by atoms with Gasteiger partial charge in [0.05, 0.1) is 7.11 Å². The molecular weight excluding hydrogens is 280 g/mol. The summed E-state index contributed by atoms with van der Waals surface area (Å²) in [6, 6.07) is 12.9. The summed E-state index contributed by atoms with van der Waals surface area (Å²) in [5.74, 6) is 2.68. The molecule has 0 amide bonds. The van der Waals surface area contributed by atoms with E-state index in [2.05, 4.69) is 49.4 Å². The van der Waals surface area contributed by atoms with Crippen molar-refractivity contribution in [1.82, 2.24) is 0 Å². The van der Waals surface area contributed by atoms with Crippen molar-refractivity contribution in [3.05, 3.63) is 48.0 Å². The molecule has 0 aromatic heterocycles. The zero-order chi connectivity index (χ0) is 16.1. The van der Waals surface area contributed by atoms with Crippen molar-refractivity contribution in [1.29, 1.82) is 0 Å². The first-order valence-electron chi connectivity index (χ1n) is 9.04. The third-order valence-electron chi connectivity index (χ3n) is 5.22. The molecule has 2 aromatic rings. The summed E-state index contributed by atoms with van der Waals surface area (Å²) in [7, 11) is 1.72. The lowest BCUT2D eigenvalue weighted by atomic mass is 9.80. The van der Waals surface area contributed by atoms with Crippen LogP contribution in [0.15, 0.2) is 42.5 Å². The SMILES string of the molecule is CCCC1CCC(C=Cc2ccc3cc(OC)ccc3c2)CC1. The molecule has 0 radical (unpaired) electrons. The fourth-order valence-electron chi connectivity index (χ4n) is 3.80. The monoisotopic (exact) mass is 308 g/mol. The standard InChI is InChI=1S/C22H28O/c1-3-4-17-5-7-18(8-6-17)9-10-19-11-12-21-16-22(23-2)14-13-20(21)15-19/h9-18H,3-8H2,1-2H3. The number of benzene rings is 2. The second-order valence-electron chi connectivity index (χ2n) is 6.90. The predicted octanol–water partition coefficient (Wildman–Crippen LogP) is 6.47. The van der Waals surface area contributed by atoms with Crippen LogP contribution in [0, 0.1) is 11.8 Å². The van der Waals surface area contributed by atoms with E-state index in [4.69, 9.17) is 4.74 Å². The number of hydrogen-bond donors (Lipinski definition) is 0. The molecule has 1 fully saturated rings. The zero-order valence-electron chi connectivity index (χ0n) is 14.4. The summed E-state index contributed by atoms with van der Waals surface area (Å²) in [4.78, 5) is 0. The number of fused-ring (bicyclic) bond motifs is 1. The van der Waals surface area contributed by atoms with E-state index < -0.39 is 0 Å². The Morgan fingerprint density at radius 1 is 1.00 bits per heavy atom. The minimum Gasteiger partial charge on any atom is -0.497 e. The van der Waals surface area contributed by atoms with Crippen LogP contribution in [0.25, 0.3) is 16.8 Å². The van der Waals surface area contributed by atoms with Crippen LogP contribution in [0.2, 0.25) is 0 Å². The number of rotatable bonds is 5. The highest BCUT2D eigenvalue weighted by Gasteiger charge is 2.18. The Morgan fingerprint density at radius 2 is 1.74 bits per heavy atom. The summed E-state index contributed by atoms with van der Waals surface area (Å²) >= 11 is 0. The van der Waals surface area contributed by atoms with E-state index >= 15 is 0 Å². The molecule has 0 spiro atoms. The summed E-state index contributed by atoms with van der Waals surface area (Å²) in [6.45, 7) is 2.31. The van der Waals surface area contributed by atoms with Crippen LogP contribution >= 0.6 is 0 Å². The molecule has 23 heavy (non-hydrogen) atoms. The molecule has 0 saturated heterocycles. The topological polar surface area (TPSA) is 9.23 Å². The number of hydrogen-bond acceptors (Lipinski definition) is 1. The van der Waals surface area contributed by atoms with Gasteiger partial charge in [-0.05, 0) is 72.1 Å². The van der Waals surface area contributed by atoms with Gasteiger partial charge in [0.25, 0.3) is 0 Å². The van der Waals surface area contributed by atoms with Crippen LogP contribution < -0.4 is 4.74 Å². The van der Waals surface area contributed by atoms with E-state index in [1.54, 1.807) is 7.11 Å². The first kappa shape index (κ1) is 16.1. The van der Waals surface area contributed by atoms with Gasteiger partial charge in [-0.25, -0.2) is 0 Å². The van der Waals surface area contributed by atoms with Crippen LogP contribution in [0.3, 0.4) is 0 Å². The van der Waals surface area contributed by atoms with Crippen molar-refractivity contribution in [3.63, 3.8) is 0 Å². The van der Waals surface area contributed by atoms with E-state index in [0.717, 1.165) is 17.6 Å². The van der Waals surface area contributed by atoms with Gasteiger partial charge >= 0.3 is 0 Å². The Hall–Kier alpha value is -1.76. The highest BCUT2D eigenvalue weighted by Crippen LogP contribution is 2.32. The van der Waals surface area contributed by atoms with Gasteiger partial charge in [0, 0.05) is 0 Å². The zero-order valence-corrected chi connectivity index (χ0v) is 14.4. The number of ether oxygens (including phenoxy) is 1. The molecule has 1 saturated carbocycles. The fourth-order valence-corrected chi connectivity index (χ4v) is 3.80. The number of methoxy groups -OCH3 is 1. The lowest BCUT2D eigenvalue weighted by Crippen LogP contribution is -2.12. The Kier molecular flexibility index (Phi) is 5.38. The Bertz CT molecular complexity index is 663. The lowest BCUT2D eigenvalue weighted by Gasteiger charge is -2.26. The molecule has 0 aliphatic heterocycles. The second-order valence-corrected chi connectivity index (χ2v) is 6.90. The van der Waals surface area contributed by atoms with Gasteiger partial charge in [-0.3, -0.25) is 0 Å². The van der Waals surface area contributed by atoms with Crippen LogP contribution in [-0.2, 0) is 0 Å². The van der Waals surface area contributed by atoms with Crippen molar-refractivity contribution >= 4 is 16.8 Å². The quantitative estimate of drug-likeness (QED) is 0.615. The molecule has 1 heteroatoms. The highest BCUT2D eigenvalue weighted by molar-refractivity contribution is 5.86. The third-order valence-corrected chi connectivity index (χ3v) is 5.22. The predicted molar refractivity (Wildman–Crippen MR) is 99.9 cm³/mol. The molecular formula is C22H28O. The van der Waals surface area contributed by atoms with E-state index in [-0.39, 0.29) is 0 Å². The number of allylic oxidation sites excluding steroid dienone is 1. The molecule has 0 atom stereocenters. The molecule has 0 bridgehead atoms. The second kappa shape index (κ2) is 7.68. The molecule has 1 aliphatic carbocycles. The normalized spacial score (nSPS) is 21.8. The smallest absolute Gasteiger partial charge is 0.119 e. The van der Waals surface area contributed by atoms with Crippen molar-refractivity contribution in [3.8, 4) is 5.75 Å². The summed E-state index contributed by atoms with van der Waals surface area (Å²) in [6.07, 6.45) is 13.1. The summed E-state index contributed by atoms with van der Waals surface area (Å²) in [5, 5.41) is 2.51. The molecule has 1 nitrogen and oxygen atoms in total. The van der Waals surface area contributed by atoms with Gasteiger partial charge in [0.2, 0.25) is 0 Å². The minimum absolute atomic E-state index is 0.773. The van der Waals surface area contributed by atoms with Crippen LogP contribution in [0.1, 0.15) is 51.0 Å². The average molecular weight is 308 g/mol. The van der Waals surface area contributed by atoms with Crippen molar-refractivity contribution in [2.24, 2.45) is 11.8 Å². The lowest BCUT2D eigenvalue weighted by molar-refractivity contribution is 0.295. The van der Waals surface area contributed by atoms with Gasteiger partial charge in [-0.2, -0.15) is 0 Å². The first-order chi connectivity index (χ1) is 11.3. The summed E-state index contributed by atoms with van der Waals surface area (Å²) in [5.41, 5.74) is 1.30.